The normalized spacial score (nSPS) is 12.2. The minimum Gasteiger partial charge on any atom is -0.465 e. The van der Waals surface area contributed by atoms with Crippen molar-refractivity contribution in [2.45, 2.75) is 26.2 Å². The Morgan fingerprint density at radius 2 is 1.67 bits per heavy atom. The van der Waals surface area contributed by atoms with Crippen LogP contribution in [0.1, 0.15) is 43.8 Å². The summed E-state index contributed by atoms with van der Waals surface area (Å²) < 4.78 is 9.79. The molecule has 0 heterocycles. The maximum atomic E-state index is 12.2. The smallest absolute Gasteiger partial charge is 0.338 e. The van der Waals surface area contributed by atoms with Crippen LogP contribution < -0.4 is 5.32 Å². The molecule has 1 aliphatic carbocycles. The predicted octanol–water partition coefficient (Wildman–Crippen LogP) is 3.07. The van der Waals surface area contributed by atoms with E-state index in [9.17, 15) is 14.4 Å². The van der Waals surface area contributed by atoms with Gasteiger partial charge in [0.1, 0.15) is 0 Å². The molecule has 0 unspecified atom stereocenters. The van der Waals surface area contributed by atoms with Crippen molar-refractivity contribution in [2.24, 2.45) is 0 Å². The average Bonchev–Trinajstić information content (AvgIpc) is 3.15. The Bertz CT molecular complexity index is 903. The van der Waals surface area contributed by atoms with Crippen LogP contribution in [-0.2, 0) is 27.1 Å². The number of anilines is 1. The summed E-state index contributed by atoms with van der Waals surface area (Å²) in [6, 6.07) is 10.4. The molecule has 0 aliphatic heterocycles. The summed E-state index contributed by atoms with van der Waals surface area (Å²) in [5.41, 5.74) is 4.47. The molecule has 0 spiro atoms. The first kappa shape index (κ1) is 18.6. The first-order chi connectivity index (χ1) is 13.0. The quantitative estimate of drug-likeness (QED) is 0.822. The number of fused-ring (bicyclic) bond motifs is 1. The van der Waals surface area contributed by atoms with Gasteiger partial charge in [-0.05, 0) is 67.1 Å². The van der Waals surface area contributed by atoms with Gasteiger partial charge in [0.25, 0.3) is 5.91 Å². The van der Waals surface area contributed by atoms with E-state index in [0.29, 0.717) is 16.8 Å². The molecule has 1 N–H and O–H groups in total. The highest BCUT2D eigenvalue weighted by molar-refractivity contribution is 5.97. The van der Waals surface area contributed by atoms with Gasteiger partial charge in [0.2, 0.25) is 0 Å². The number of nitrogens with one attached hydrogen (secondary N) is 1. The first-order valence-electron chi connectivity index (χ1n) is 8.75. The van der Waals surface area contributed by atoms with Gasteiger partial charge in [-0.2, -0.15) is 0 Å². The van der Waals surface area contributed by atoms with Crippen molar-refractivity contribution in [1.29, 1.82) is 0 Å². The van der Waals surface area contributed by atoms with Gasteiger partial charge in [-0.15, -0.1) is 0 Å². The van der Waals surface area contributed by atoms with E-state index in [2.05, 4.69) is 10.1 Å². The van der Waals surface area contributed by atoms with Crippen LogP contribution in [0.2, 0.25) is 0 Å². The highest BCUT2D eigenvalue weighted by Gasteiger charge is 2.16. The third kappa shape index (κ3) is 4.34. The summed E-state index contributed by atoms with van der Waals surface area (Å²) in [6.07, 6.45) is 3.10. The zero-order valence-corrected chi connectivity index (χ0v) is 15.3. The fourth-order valence-corrected chi connectivity index (χ4v) is 3.10. The molecule has 0 radical (unpaired) electrons. The summed E-state index contributed by atoms with van der Waals surface area (Å²) in [4.78, 5) is 35.9. The third-order valence-electron chi connectivity index (χ3n) is 4.60. The minimum absolute atomic E-state index is 0.327. The molecule has 27 heavy (non-hydrogen) atoms. The fourth-order valence-electron chi connectivity index (χ4n) is 3.10. The SMILES string of the molecule is COC(=O)c1ccc(C)c(NC(=O)COC(=O)c2ccc3c(c2)CCC3)c1. The Kier molecular flexibility index (Phi) is 5.54. The van der Waals surface area contributed by atoms with E-state index in [-0.39, 0.29) is 0 Å². The number of ether oxygens (including phenoxy) is 2. The Labute approximate surface area is 157 Å². The predicted molar refractivity (Wildman–Crippen MR) is 99.9 cm³/mol. The van der Waals surface area contributed by atoms with Crippen LogP contribution in [0.3, 0.4) is 0 Å². The molecule has 0 aromatic heterocycles. The second-order valence-corrected chi connectivity index (χ2v) is 6.48. The van der Waals surface area contributed by atoms with Crippen LogP contribution in [0, 0.1) is 6.92 Å². The van der Waals surface area contributed by atoms with Gasteiger partial charge in [-0.25, -0.2) is 9.59 Å². The van der Waals surface area contributed by atoms with E-state index in [0.717, 1.165) is 24.8 Å². The zero-order chi connectivity index (χ0) is 19.4. The maximum absolute atomic E-state index is 12.2. The van der Waals surface area contributed by atoms with Gasteiger partial charge in [-0.3, -0.25) is 4.79 Å². The second-order valence-electron chi connectivity index (χ2n) is 6.48. The van der Waals surface area contributed by atoms with E-state index < -0.39 is 24.5 Å². The van der Waals surface area contributed by atoms with Crippen LogP contribution in [0.15, 0.2) is 36.4 Å². The maximum Gasteiger partial charge on any atom is 0.338 e. The molecule has 6 heteroatoms. The molecule has 6 nitrogen and oxygen atoms in total. The number of methoxy groups -OCH3 is 1. The number of esters is 2. The topological polar surface area (TPSA) is 81.7 Å². The molecule has 0 saturated heterocycles. The summed E-state index contributed by atoms with van der Waals surface area (Å²) in [5.74, 6) is -1.50. The van der Waals surface area contributed by atoms with Crippen molar-refractivity contribution in [2.75, 3.05) is 19.0 Å². The van der Waals surface area contributed by atoms with Gasteiger partial charge >= 0.3 is 11.9 Å². The van der Waals surface area contributed by atoms with Crippen molar-refractivity contribution in [3.05, 3.63) is 64.2 Å². The van der Waals surface area contributed by atoms with Gasteiger partial charge in [-0.1, -0.05) is 12.1 Å². The molecular formula is C21H21NO5. The monoisotopic (exact) mass is 367 g/mol. The lowest BCUT2D eigenvalue weighted by atomic mass is 10.1. The van der Waals surface area contributed by atoms with E-state index in [1.807, 2.05) is 12.1 Å². The zero-order valence-electron chi connectivity index (χ0n) is 15.3. The molecule has 0 bridgehead atoms. The third-order valence-corrected chi connectivity index (χ3v) is 4.60. The number of carbonyl (C=O) groups is 3. The van der Waals surface area contributed by atoms with E-state index in [4.69, 9.17) is 4.74 Å². The van der Waals surface area contributed by atoms with Gasteiger partial charge in [0.05, 0.1) is 18.2 Å². The van der Waals surface area contributed by atoms with E-state index in [1.165, 1.54) is 24.3 Å². The lowest BCUT2D eigenvalue weighted by molar-refractivity contribution is -0.119. The van der Waals surface area contributed by atoms with Crippen LogP contribution >= 0.6 is 0 Å². The highest BCUT2D eigenvalue weighted by Crippen LogP contribution is 2.23. The number of hydrogen-bond donors (Lipinski definition) is 1. The van der Waals surface area contributed by atoms with Crippen LogP contribution in [0.4, 0.5) is 5.69 Å². The number of carbonyl (C=O) groups excluding carboxylic acids is 3. The molecule has 0 saturated carbocycles. The molecular weight excluding hydrogens is 346 g/mol. The molecule has 0 fully saturated rings. The lowest BCUT2D eigenvalue weighted by Gasteiger charge is -2.11. The van der Waals surface area contributed by atoms with E-state index >= 15 is 0 Å². The van der Waals surface area contributed by atoms with Gasteiger partial charge < -0.3 is 14.8 Å². The molecule has 1 aliphatic rings. The standard InChI is InChI=1S/C21H21NO5/c1-13-6-7-17(20(24)26-2)11-18(13)22-19(23)12-27-21(25)16-9-8-14-4-3-5-15(14)10-16/h6-11H,3-5,12H2,1-2H3,(H,22,23). The first-order valence-corrected chi connectivity index (χ1v) is 8.75. The van der Waals surface area contributed by atoms with Crippen molar-refractivity contribution >= 4 is 23.5 Å². The van der Waals surface area contributed by atoms with Gasteiger partial charge in [0, 0.05) is 5.69 Å². The number of hydrogen-bond acceptors (Lipinski definition) is 5. The summed E-state index contributed by atoms with van der Waals surface area (Å²) >= 11 is 0. The summed E-state index contributed by atoms with van der Waals surface area (Å²) in [5, 5.41) is 2.65. The lowest BCUT2D eigenvalue weighted by Crippen LogP contribution is -2.21. The molecule has 0 atom stereocenters. The van der Waals surface area contributed by atoms with Gasteiger partial charge in [0.15, 0.2) is 6.61 Å². The number of benzene rings is 2. The molecule has 1 amide bonds. The Balaban J connectivity index is 1.60. The largest absolute Gasteiger partial charge is 0.465 e. The number of amides is 1. The molecule has 2 aromatic carbocycles. The van der Waals surface area contributed by atoms with Crippen LogP contribution in [0.5, 0.6) is 0 Å². The van der Waals surface area contributed by atoms with Crippen LogP contribution in [0.25, 0.3) is 0 Å². The number of aryl methyl sites for hydroxylation is 3. The summed E-state index contributed by atoms with van der Waals surface area (Å²) in [7, 11) is 1.29. The molecule has 3 rings (SSSR count). The van der Waals surface area contributed by atoms with Crippen molar-refractivity contribution in [3.63, 3.8) is 0 Å². The number of rotatable bonds is 5. The average molecular weight is 367 g/mol. The Hall–Kier alpha value is -3.15. The van der Waals surface area contributed by atoms with Crippen molar-refractivity contribution < 1.29 is 23.9 Å². The fraction of sp³-hybridized carbons (Fsp3) is 0.286. The van der Waals surface area contributed by atoms with Crippen molar-refractivity contribution in [1.82, 2.24) is 0 Å². The van der Waals surface area contributed by atoms with Crippen LogP contribution in [-0.4, -0.2) is 31.6 Å². The van der Waals surface area contributed by atoms with Crippen molar-refractivity contribution in [3.8, 4) is 0 Å². The Morgan fingerprint density at radius 1 is 0.963 bits per heavy atom. The molecule has 2 aromatic rings. The molecule has 140 valence electrons. The Morgan fingerprint density at radius 3 is 2.44 bits per heavy atom. The summed E-state index contributed by atoms with van der Waals surface area (Å²) in [6.45, 7) is 1.39. The van der Waals surface area contributed by atoms with E-state index in [1.54, 1.807) is 25.1 Å². The highest BCUT2D eigenvalue weighted by atomic mass is 16.5. The second kappa shape index (κ2) is 8.03. The minimum atomic E-state index is -0.528.